The number of carboxylic acid groups (broad SMARTS) is 1. The topological polar surface area (TPSA) is 49.3 Å². The molecule has 4 heteroatoms. The summed E-state index contributed by atoms with van der Waals surface area (Å²) in [5.74, 6) is -0.857. The number of benzene rings is 1. The van der Waals surface area contributed by atoms with Crippen molar-refractivity contribution in [2.75, 3.05) is 5.32 Å². The van der Waals surface area contributed by atoms with Crippen molar-refractivity contribution in [2.24, 2.45) is 0 Å². The van der Waals surface area contributed by atoms with Crippen LogP contribution in [0.25, 0.3) is 0 Å². The van der Waals surface area contributed by atoms with E-state index in [4.69, 9.17) is 5.11 Å². The lowest BCUT2D eigenvalue weighted by Crippen LogP contribution is -2.25. The number of aliphatic carboxylic acids is 1. The van der Waals surface area contributed by atoms with Gasteiger partial charge < -0.3 is 10.4 Å². The predicted octanol–water partition coefficient (Wildman–Crippen LogP) is 2.64. The summed E-state index contributed by atoms with van der Waals surface area (Å²) in [5.41, 5.74) is 1.87. The third kappa shape index (κ3) is 2.73. The first kappa shape index (κ1) is 11.0. The van der Waals surface area contributed by atoms with Crippen LogP contribution in [0.15, 0.2) is 22.7 Å². The molecule has 0 heterocycles. The molecule has 0 amide bonds. The van der Waals surface area contributed by atoms with E-state index < -0.39 is 12.0 Å². The smallest absolute Gasteiger partial charge is 0.325 e. The first-order valence-corrected chi connectivity index (χ1v) is 5.05. The quantitative estimate of drug-likeness (QED) is 0.876. The van der Waals surface area contributed by atoms with E-state index in [0.717, 1.165) is 15.7 Å². The van der Waals surface area contributed by atoms with Gasteiger partial charge in [0.2, 0.25) is 0 Å². The molecule has 0 bridgehead atoms. The van der Waals surface area contributed by atoms with Crippen molar-refractivity contribution in [3.8, 4) is 0 Å². The van der Waals surface area contributed by atoms with E-state index in [-0.39, 0.29) is 0 Å². The summed E-state index contributed by atoms with van der Waals surface area (Å²) in [6, 6.07) is 5.14. The summed E-state index contributed by atoms with van der Waals surface area (Å²) in [6.07, 6.45) is 0. The second-order valence-electron chi connectivity index (χ2n) is 3.16. The van der Waals surface area contributed by atoms with Crippen LogP contribution in [0.2, 0.25) is 0 Å². The van der Waals surface area contributed by atoms with Gasteiger partial charge >= 0.3 is 5.97 Å². The van der Waals surface area contributed by atoms with E-state index in [9.17, 15) is 4.79 Å². The number of carbonyl (C=O) groups is 1. The number of halogens is 1. The Morgan fingerprint density at radius 2 is 2.21 bits per heavy atom. The van der Waals surface area contributed by atoms with E-state index in [0.29, 0.717) is 0 Å². The highest BCUT2D eigenvalue weighted by atomic mass is 79.9. The number of hydrogen-bond acceptors (Lipinski definition) is 2. The van der Waals surface area contributed by atoms with Crippen LogP contribution in [0.3, 0.4) is 0 Å². The summed E-state index contributed by atoms with van der Waals surface area (Å²) in [5, 5.41) is 11.7. The van der Waals surface area contributed by atoms with Crippen molar-refractivity contribution < 1.29 is 9.90 Å². The fourth-order valence-electron chi connectivity index (χ4n) is 1.04. The molecule has 0 aliphatic rings. The number of rotatable bonds is 3. The maximum Gasteiger partial charge on any atom is 0.325 e. The Bertz CT molecular complexity index is 352. The average Bonchev–Trinajstić information content (AvgIpc) is 2.11. The highest BCUT2D eigenvalue weighted by molar-refractivity contribution is 9.10. The van der Waals surface area contributed by atoms with Crippen LogP contribution in [0.5, 0.6) is 0 Å². The fraction of sp³-hybridized carbons (Fsp3) is 0.300. The van der Waals surface area contributed by atoms with Gasteiger partial charge in [0.05, 0.1) is 0 Å². The molecule has 0 saturated heterocycles. The Balaban J connectivity index is 2.85. The Kier molecular flexibility index (Phi) is 3.52. The number of aryl methyl sites for hydroxylation is 1. The van der Waals surface area contributed by atoms with E-state index in [1.165, 1.54) is 0 Å². The highest BCUT2D eigenvalue weighted by Crippen LogP contribution is 2.21. The van der Waals surface area contributed by atoms with Crippen LogP contribution in [0.1, 0.15) is 12.5 Å². The summed E-state index contributed by atoms with van der Waals surface area (Å²) < 4.78 is 0.934. The van der Waals surface area contributed by atoms with Crippen LogP contribution in [-0.4, -0.2) is 17.1 Å². The molecule has 0 aliphatic heterocycles. The third-order valence-electron chi connectivity index (χ3n) is 1.94. The van der Waals surface area contributed by atoms with Crippen molar-refractivity contribution in [3.63, 3.8) is 0 Å². The molecule has 1 rings (SSSR count). The normalized spacial score (nSPS) is 12.2. The maximum atomic E-state index is 10.6. The molecule has 0 spiro atoms. The highest BCUT2D eigenvalue weighted by Gasteiger charge is 2.11. The molecule has 1 atom stereocenters. The van der Waals surface area contributed by atoms with Gasteiger partial charge in [0.25, 0.3) is 0 Å². The molecule has 0 aromatic heterocycles. The van der Waals surface area contributed by atoms with Crippen molar-refractivity contribution >= 4 is 27.6 Å². The standard InChI is InChI=1S/C10H12BrNO2/c1-6-3-4-8(11)5-9(6)12-7(2)10(13)14/h3-5,7,12H,1-2H3,(H,13,14). The van der Waals surface area contributed by atoms with Gasteiger partial charge in [-0.3, -0.25) is 4.79 Å². The molecule has 0 saturated carbocycles. The molecule has 1 aromatic rings. The number of carboxylic acids is 1. The Labute approximate surface area is 91.3 Å². The zero-order valence-electron chi connectivity index (χ0n) is 8.04. The lowest BCUT2D eigenvalue weighted by atomic mass is 10.2. The summed E-state index contributed by atoms with van der Waals surface area (Å²) in [4.78, 5) is 10.6. The summed E-state index contributed by atoms with van der Waals surface area (Å²) in [7, 11) is 0. The molecule has 0 fully saturated rings. The van der Waals surface area contributed by atoms with Gasteiger partial charge in [0.1, 0.15) is 6.04 Å². The lowest BCUT2D eigenvalue weighted by molar-refractivity contribution is -0.137. The number of nitrogens with one attached hydrogen (secondary N) is 1. The number of hydrogen-bond donors (Lipinski definition) is 2. The van der Waals surface area contributed by atoms with Gasteiger partial charge in [-0.2, -0.15) is 0 Å². The minimum absolute atomic E-state index is 0.581. The molecule has 14 heavy (non-hydrogen) atoms. The van der Waals surface area contributed by atoms with E-state index >= 15 is 0 Å². The first-order chi connectivity index (χ1) is 6.50. The predicted molar refractivity (Wildman–Crippen MR) is 59.6 cm³/mol. The minimum atomic E-state index is -0.857. The van der Waals surface area contributed by atoms with Crippen molar-refractivity contribution in [3.05, 3.63) is 28.2 Å². The first-order valence-electron chi connectivity index (χ1n) is 4.26. The summed E-state index contributed by atoms with van der Waals surface area (Å²) in [6.45, 7) is 3.55. The van der Waals surface area contributed by atoms with Gasteiger partial charge in [0, 0.05) is 10.2 Å². The maximum absolute atomic E-state index is 10.6. The second kappa shape index (κ2) is 4.46. The molecule has 1 aromatic carbocycles. The van der Waals surface area contributed by atoms with Crippen molar-refractivity contribution in [2.45, 2.75) is 19.9 Å². The van der Waals surface area contributed by atoms with E-state index in [1.54, 1.807) is 6.92 Å². The fourth-order valence-corrected chi connectivity index (χ4v) is 1.41. The van der Waals surface area contributed by atoms with Gasteiger partial charge in [-0.05, 0) is 31.5 Å². The van der Waals surface area contributed by atoms with E-state index in [1.807, 2.05) is 25.1 Å². The molecule has 0 aliphatic carbocycles. The van der Waals surface area contributed by atoms with Gasteiger partial charge in [0.15, 0.2) is 0 Å². The average molecular weight is 258 g/mol. The SMILES string of the molecule is Cc1ccc(Br)cc1NC(C)C(=O)O. The molecular formula is C10H12BrNO2. The number of anilines is 1. The van der Waals surface area contributed by atoms with Crippen LogP contribution >= 0.6 is 15.9 Å². The molecule has 76 valence electrons. The second-order valence-corrected chi connectivity index (χ2v) is 4.08. The van der Waals surface area contributed by atoms with Gasteiger partial charge in [-0.15, -0.1) is 0 Å². The van der Waals surface area contributed by atoms with Gasteiger partial charge in [-0.1, -0.05) is 22.0 Å². The van der Waals surface area contributed by atoms with Crippen molar-refractivity contribution in [1.82, 2.24) is 0 Å². The van der Waals surface area contributed by atoms with E-state index in [2.05, 4.69) is 21.2 Å². The molecule has 1 unspecified atom stereocenters. The molecule has 0 radical (unpaired) electrons. The summed E-state index contributed by atoms with van der Waals surface area (Å²) >= 11 is 3.34. The van der Waals surface area contributed by atoms with Gasteiger partial charge in [-0.25, -0.2) is 0 Å². The zero-order valence-corrected chi connectivity index (χ0v) is 9.63. The van der Waals surface area contributed by atoms with Crippen LogP contribution < -0.4 is 5.32 Å². The van der Waals surface area contributed by atoms with Crippen LogP contribution in [-0.2, 0) is 4.79 Å². The Morgan fingerprint density at radius 1 is 1.57 bits per heavy atom. The molecule has 2 N–H and O–H groups in total. The van der Waals surface area contributed by atoms with Crippen LogP contribution in [0.4, 0.5) is 5.69 Å². The third-order valence-corrected chi connectivity index (χ3v) is 2.44. The monoisotopic (exact) mass is 257 g/mol. The largest absolute Gasteiger partial charge is 0.480 e. The molecule has 3 nitrogen and oxygen atoms in total. The lowest BCUT2D eigenvalue weighted by Gasteiger charge is -2.13. The Morgan fingerprint density at radius 3 is 2.79 bits per heavy atom. The van der Waals surface area contributed by atoms with Crippen LogP contribution in [0, 0.1) is 6.92 Å². The minimum Gasteiger partial charge on any atom is -0.480 e. The Hall–Kier alpha value is -1.03. The zero-order chi connectivity index (χ0) is 10.7. The van der Waals surface area contributed by atoms with Crippen molar-refractivity contribution in [1.29, 1.82) is 0 Å². The molecular weight excluding hydrogens is 246 g/mol.